The van der Waals surface area contributed by atoms with Crippen LogP contribution in [0.3, 0.4) is 0 Å². The summed E-state index contributed by atoms with van der Waals surface area (Å²) in [6.45, 7) is 4.25. The fraction of sp³-hybridized carbons (Fsp3) is 0.800. The Morgan fingerprint density at radius 3 is 2.37 bits per heavy atom. The Kier molecular flexibility index (Phi) is 5.28. The molecule has 2 N–H and O–H groups in total. The van der Waals surface area contributed by atoms with E-state index in [4.69, 9.17) is 17.3 Å². The minimum atomic E-state index is 0.0236. The average molecular weight is 284 g/mol. The lowest BCUT2D eigenvalue weighted by Gasteiger charge is -2.27. The molecule has 2 rings (SSSR count). The zero-order chi connectivity index (χ0) is 13.8. The molecule has 0 aromatic carbocycles. The molecule has 1 aromatic heterocycles. The van der Waals surface area contributed by atoms with Crippen molar-refractivity contribution >= 4 is 11.6 Å². The third kappa shape index (κ3) is 3.51. The number of halogens is 1. The number of nitrogens with two attached hydrogens (primary N) is 1. The van der Waals surface area contributed by atoms with Gasteiger partial charge in [-0.2, -0.15) is 5.10 Å². The first-order valence-electron chi connectivity index (χ1n) is 7.59. The van der Waals surface area contributed by atoms with E-state index in [9.17, 15) is 0 Å². The molecule has 19 heavy (non-hydrogen) atoms. The van der Waals surface area contributed by atoms with Crippen LogP contribution in [0, 0.1) is 5.92 Å². The number of hydrogen-bond donors (Lipinski definition) is 1. The second kappa shape index (κ2) is 6.76. The molecule has 0 bridgehead atoms. The fourth-order valence-electron chi connectivity index (χ4n) is 3.14. The van der Waals surface area contributed by atoms with Crippen molar-refractivity contribution in [1.82, 2.24) is 9.78 Å². The van der Waals surface area contributed by atoms with Gasteiger partial charge in [0.05, 0.1) is 23.0 Å². The van der Waals surface area contributed by atoms with Crippen LogP contribution < -0.4 is 5.73 Å². The van der Waals surface area contributed by atoms with Crippen LogP contribution in [0.2, 0.25) is 5.02 Å². The zero-order valence-electron chi connectivity index (χ0n) is 12.1. The summed E-state index contributed by atoms with van der Waals surface area (Å²) in [5.74, 6) is 0.548. The van der Waals surface area contributed by atoms with Crippen LogP contribution in [-0.4, -0.2) is 9.78 Å². The lowest BCUT2D eigenvalue weighted by molar-refractivity contribution is 0.312. The SMILES string of the molecule is CC(C)n1ncc(Cl)c1C(N)C1CCCCCCC1. The second-order valence-corrected chi connectivity index (χ2v) is 6.45. The minimum absolute atomic E-state index is 0.0236. The van der Waals surface area contributed by atoms with Gasteiger partial charge >= 0.3 is 0 Å². The van der Waals surface area contributed by atoms with Crippen molar-refractivity contribution in [2.75, 3.05) is 0 Å². The van der Waals surface area contributed by atoms with Crippen molar-refractivity contribution in [3.63, 3.8) is 0 Å². The van der Waals surface area contributed by atoms with Gasteiger partial charge in [-0.3, -0.25) is 4.68 Å². The molecule has 1 aromatic rings. The first-order valence-corrected chi connectivity index (χ1v) is 7.97. The van der Waals surface area contributed by atoms with Gasteiger partial charge in [0, 0.05) is 6.04 Å². The summed E-state index contributed by atoms with van der Waals surface area (Å²) in [7, 11) is 0. The van der Waals surface area contributed by atoms with Crippen molar-refractivity contribution in [2.45, 2.75) is 70.9 Å². The first kappa shape index (κ1) is 14.9. The highest BCUT2D eigenvalue weighted by molar-refractivity contribution is 6.31. The summed E-state index contributed by atoms with van der Waals surface area (Å²) in [5, 5.41) is 5.10. The topological polar surface area (TPSA) is 43.8 Å². The molecule has 108 valence electrons. The third-order valence-corrected chi connectivity index (χ3v) is 4.54. The van der Waals surface area contributed by atoms with Crippen LogP contribution in [0.5, 0.6) is 0 Å². The highest BCUT2D eigenvalue weighted by Crippen LogP contribution is 2.35. The Labute approximate surface area is 121 Å². The molecule has 1 atom stereocenters. The van der Waals surface area contributed by atoms with Crippen molar-refractivity contribution in [3.8, 4) is 0 Å². The largest absolute Gasteiger partial charge is 0.322 e. The van der Waals surface area contributed by atoms with E-state index < -0.39 is 0 Å². The normalized spacial score (nSPS) is 20.3. The van der Waals surface area contributed by atoms with Crippen LogP contribution in [0.1, 0.15) is 76.6 Å². The highest BCUT2D eigenvalue weighted by Gasteiger charge is 2.26. The number of rotatable bonds is 3. The molecular weight excluding hydrogens is 258 g/mol. The van der Waals surface area contributed by atoms with Gasteiger partial charge in [-0.25, -0.2) is 0 Å². The van der Waals surface area contributed by atoms with Crippen molar-refractivity contribution < 1.29 is 0 Å². The maximum Gasteiger partial charge on any atom is 0.0834 e. The van der Waals surface area contributed by atoms with E-state index in [1.54, 1.807) is 6.20 Å². The zero-order valence-corrected chi connectivity index (χ0v) is 12.9. The van der Waals surface area contributed by atoms with Crippen molar-refractivity contribution in [3.05, 3.63) is 16.9 Å². The van der Waals surface area contributed by atoms with Gasteiger partial charge in [-0.1, -0.05) is 43.7 Å². The van der Waals surface area contributed by atoms with Crippen LogP contribution in [0.25, 0.3) is 0 Å². The standard InChI is InChI=1S/C15H26ClN3/c1-11(2)19-15(13(16)10-18-19)14(17)12-8-6-4-3-5-7-9-12/h10-12,14H,3-9,17H2,1-2H3. The molecule has 1 unspecified atom stereocenters. The van der Waals surface area contributed by atoms with Crippen LogP contribution in [0.15, 0.2) is 6.20 Å². The van der Waals surface area contributed by atoms with Crippen molar-refractivity contribution in [1.29, 1.82) is 0 Å². The van der Waals surface area contributed by atoms with Gasteiger partial charge in [-0.15, -0.1) is 0 Å². The molecule has 0 radical (unpaired) electrons. The Balaban J connectivity index is 2.17. The summed E-state index contributed by atoms with van der Waals surface area (Å²) in [5.41, 5.74) is 7.56. The van der Waals surface area contributed by atoms with Gasteiger partial charge in [0.2, 0.25) is 0 Å². The smallest absolute Gasteiger partial charge is 0.0834 e. The molecule has 1 heterocycles. The molecule has 0 spiro atoms. The Hall–Kier alpha value is -0.540. The van der Waals surface area contributed by atoms with E-state index in [1.807, 2.05) is 4.68 Å². The third-order valence-electron chi connectivity index (χ3n) is 4.25. The number of aromatic nitrogens is 2. The van der Waals surface area contributed by atoms with Gasteiger partial charge in [-0.05, 0) is 32.6 Å². The Morgan fingerprint density at radius 2 is 1.79 bits per heavy atom. The van der Waals surface area contributed by atoms with Gasteiger partial charge < -0.3 is 5.73 Å². The molecule has 0 saturated heterocycles. The van der Waals surface area contributed by atoms with Crippen LogP contribution in [0.4, 0.5) is 0 Å². The molecule has 1 aliphatic carbocycles. The molecule has 1 fully saturated rings. The first-order chi connectivity index (χ1) is 9.11. The average Bonchev–Trinajstić information content (AvgIpc) is 2.70. The highest BCUT2D eigenvalue weighted by atomic mass is 35.5. The molecular formula is C15H26ClN3. The molecule has 1 aliphatic rings. The van der Waals surface area contributed by atoms with Gasteiger partial charge in [0.15, 0.2) is 0 Å². The van der Waals surface area contributed by atoms with E-state index in [1.165, 1.54) is 44.9 Å². The molecule has 1 saturated carbocycles. The summed E-state index contributed by atoms with van der Waals surface area (Å²) >= 11 is 6.31. The second-order valence-electron chi connectivity index (χ2n) is 6.05. The quantitative estimate of drug-likeness (QED) is 0.889. The van der Waals surface area contributed by atoms with E-state index in [0.29, 0.717) is 12.0 Å². The van der Waals surface area contributed by atoms with E-state index >= 15 is 0 Å². The summed E-state index contributed by atoms with van der Waals surface area (Å²) in [6, 6.07) is 0.331. The maximum atomic E-state index is 6.53. The Morgan fingerprint density at radius 1 is 1.21 bits per heavy atom. The molecule has 0 amide bonds. The number of hydrogen-bond acceptors (Lipinski definition) is 2. The lowest BCUT2D eigenvalue weighted by atomic mass is 9.85. The monoisotopic (exact) mass is 283 g/mol. The summed E-state index contributed by atoms with van der Waals surface area (Å²) in [4.78, 5) is 0. The van der Waals surface area contributed by atoms with E-state index in [2.05, 4.69) is 18.9 Å². The van der Waals surface area contributed by atoms with Crippen LogP contribution >= 0.6 is 11.6 Å². The van der Waals surface area contributed by atoms with Gasteiger partial charge in [0.25, 0.3) is 0 Å². The summed E-state index contributed by atoms with van der Waals surface area (Å²) in [6.07, 6.45) is 10.9. The molecule has 4 heteroatoms. The predicted molar refractivity (Wildman–Crippen MR) is 80.4 cm³/mol. The maximum absolute atomic E-state index is 6.53. The predicted octanol–water partition coefficient (Wildman–Crippen LogP) is 4.48. The minimum Gasteiger partial charge on any atom is -0.322 e. The van der Waals surface area contributed by atoms with E-state index in [0.717, 1.165) is 10.7 Å². The lowest BCUT2D eigenvalue weighted by Crippen LogP contribution is -2.26. The summed E-state index contributed by atoms with van der Waals surface area (Å²) < 4.78 is 1.99. The van der Waals surface area contributed by atoms with E-state index in [-0.39, 0.29) is 6.04 Å². The van der Waals surface area contributed by atoms with Crippen molar-refractivity contribution in [2.24, 2.45) is 11.7 Å². The van der Waals surface area contributed by atoms with Gasteiger partial charge in [0.1, 0.15) is 0 Å². The number of nitrogens with zero attached hydrogens (tertiary/aromatic N) is 2. The molecule has 0 aliphatic heterocycles. The molecule has 3 nitrogen and oxygen atoms in total. The fourth-order valence-corrected chi connectivity index (χ4v) is 3.40. The Bertz CT molecular complexity index is 392. The van der Waals surface area contributed by atoms with Crippen LogP contribution in [-0.2, 0) is 0 Å².